The molecule has 6 heteroatoms. The number of carbonyl (C=O) groups is 1. The molecule has 0 saturated carbocycles. The molecule has 124 valence electrons. The van der Waals surface area contributed by atoms with Gasteiger partial charge in [0.15, 0.2) is 0 Å². The van der Waals surface area contributed by atoms with Crippen LogP contribution in [0.25, 0.3) is 0 Å². The minimum atomic E-state index is -0.669. The summed E-state index contributed by atoms with van der Waals surface area (Å²) in [5, 5.41) is 18.9. The number of benzene rings is 1. The van der Waals surface area contributed by atoms with Gasteiger partial charge < -0.3 is 19.7 Å². The molecule has 1 rings (SSSR count). The van der Waals surface area contributed by atoms with E-state index in [9.17, 15) is 9.90 Å². The fourth-order valence-electron chi connectivity index (χ4n) is 1.99. The predicted octanol–water partition coefficient (Wildman–Crippen LogP) is 0.917. The number of rotatable bonds is 10. The minimum Gasteiger partial charge on any atom is -0.491 e. The van der Waals surface area contributed by atoms with Crippen molar-refractivity contribution in [1.29, 1.82) is 0 Å². The average Bonchev–Trinajstić information content (AvgIpc) is 2.53. The van der Waals surface area contributed by atoms with E-state index in [1.54, 1.807) is 31.2 Å². The van der Waals surface area contributed by atoms with Gasteiger partial charge in [0.2, 0.25) is 0 Å². The van der Waals surface area contributed by atoms with Gasteiger partial charge in [-0.3, -0.25) is 4.90 Å². The third-order valence-corrected chi connectivity index (χ3v) is 3.12. The number of aliphatic hydroxyl groups is 2. The van der Waals surface area contributed by atoms with Crippen molar-refractivity contribution in [3.63, 3.8) is 0 Å². The lowest BCUT2D eigenvalue weighted by molar-refractivity contribution is 0.0524. The third-order valence-electron chi connectivity index (χ3n) is 3.12. The lowest BCUT2D eigenvalue weighted by Gasteiger charge is -2.22. The van der Waals surface area contributed by atoms with Crippen LogP contribution in [-0.2, 0) is 4.74 Å². The Morgan fingerprint density at radius 1 is 1.36 bits per heavy atom. The number of hydrogen-bond donors (Lipinski definition) is 2. The molecule has 0 saturated heterocycles. The van der Waals surface area contributed by atoms with Crippen LogP contribution in [0.1, 0.15) is 24.2 Å². The maximum atomic E-state index is 11.6. The molecule has 0 heterocycles. The smallest absolute Gasteiger partial charge is 0.338 e. The monoisotopic (exact) mass is 311 g/mol. The van der Waals surface area contributed by atoms with Crippen LogP contribution in [-0.4, -0.2) is 66.6 Å². The average molecular weight is 311 g/mol. The Bertz CT molecular complexity index is 452. The van der Waals surface area contributed by atoms with Crippen molar-refractivity contribution in [2.24, 2.45) is 0 Å². The van der Waals surface area contributed by atoms with Crippen molar-refractivity contribution in [1.82, 2.24) is 4.90 Å². The highest BCUT2D eigenvalue weighted by Gasteiger charge is 2.12. The zero-order valence-corrected chi connectivity index (χ0v) is 13.2. The van der Waals surface area contributed by atoms with Crippen molar-refractivity contribution >= 4 is 5.97 Å². The van der Waals surface area contributed by atoms with E-state index in [1.165, 1.54) is 0 Å². The van der Waals surface area contributed by atoms with Gasteiger partial charge in [-0.2, -0.15) is 0 Å². The SMILES string of the molecule is CCOC(=O)c1cccc(OCC(O)CN(CC)CCO)c1. The molecule has 1 atom stereocenters. The van der Waals surface area contributed by atoms with Crippen molar-refractivity contribution < 1.29 is 24.5 Å². The maximum Gasteiger partial charge on any atom is 0.338 e. The van der Waals surface area contributed by atoms with Gasteiger partial charge in [0.05, 0.1) is 18.8 Å². The Kier molecular flexibility index (Phi) is 8.50. The second-order valence-corrected chi connectivity index (χ2v) is 4.83. The van der Waals surface area contributed by atoms with E-state index >= 15 is 0 Å². The Morgan fingerprint density at radius 3 is 2.77 bits per heavy atom. The standard InChI is InChI=1S/C16H25NO5/c1-3-17(8-9-18)11-14(19)12-22-15-7-5-6-13(10-15)16(20)21-4-2/h5-7,10,14,18-19H,3-4,8-9,11-12H2,1-2H3. The molecule has 1 aromatic rings. The molecular weight excluding hydrogens is 286 g/mol. The van der Waals surface area contributed by atoms with Crippen molar-refractivity contribution in [3.8, 4) is 5.75 Å². The van der Waals surface area contributed by atoms with Crippen LogP contribution in [0.15, 0.2) is 24.3 Å². The Labute approximate surface area is 131 Å². The number of esters is 1. The molecular formula is C16H25NO5. The summed E-state index contributed by atoms with van der Waals surface area (Å²) in [5.41, 5.74) is 0.421. The second-order valence-electron chi connectivity index (χ2n) is 4.83. The van der Waals surface area contributed by atoms with Gasteiger partial charge in [0.25, 0.3) is 0 Å². The summed E-state index contributed by atoms with van der Waals surface area (Å²) in [4.78, 5) is 13.6. The molecule has 0 aliphatic rings. The molecule has 1 aromatic carbocycles. The van der Waals surface area contributed by atoms with Crippen LogP contribution in [0.5, 0.6) is 5.75 Å². The number of likely N-dealkylation sites (N-methyl/N-ethyl adjacent to an activating group) is 1. The Balaban J connectivity index is 2.50. The van der Waals surface area contributed by atoms with Crippen LogP contribution >= 0.6 is 0 Å². The molecule has 0 radical (unpaired) electrons. The molecule has 6 nitrogen and oxygen atoms in total. The van der Waals surface area contributed by atoms with Gasteiger partial charge in [-0.1, -0.05) is 13.0 Å². The van der Waals surface area contributed by atoms with E-state index < -0.39 is 12.1 Å². The molecule has 0 aromatic heterocycles. The third kappa shape index (κ3) is 6.43. The zero-order chi connectivity index (χ0) is 16.4. The summed E-state index contributed by atoms with van der Waals surface area (Å²) in [7, 11) is 0. The first-order valence-electron chi connectivity index (χ1n) is 7.51. The fourth-order valence-corrected chi connectivity index (χ4v) is 1.99. The highest BCUT2D eigenvalue weighted by atomic mass is 16.5. The van der Waals surface area contributed by atoms with E-state index in [0.717, 1.165) is 6.54 Å². The topological polar surface area (TPSA) is 79.2 Å². The zero-order valence-electron chi connectivity index (χ0n) is 13.2. The second kappa shape index (κ2) is 10.2. The normalized spacial score (nSPS) is 12.2. The number of aliphatic hydroxyl groups excluding tert-OH is 2. The Morgan fingerprint density at radius 2 is 2.14 bits per heavy atom. The Hall–Kier alpha value is -1.63. The molecule has 22 heavy (non-hydrogen) atoms. The molecule has 0 spiro atoms. The van der Waals surface area contributed by atoms with Crippen LogP contribution < -0.4 is 4.74 Å². The highest BCUT2D eigenvalue weighted by Crippen LogP contribution is 2.14. The van der Waals surface area contributed by atoms with Crippen molar-refractivity contribution in [2.45, 2.75) is 20.0 Å². The molecule has 0 aliphatic carbocycles. The van der Waals surface area contributed by atoms with Crippen molar-refractivity contribution in [3.05, 3.63) is 29.8 Å². The lowest BCUT2D eigenvalue weighted by atomic mass is 10.2. The number of ether oxygens (including phenoxy) is 2. The van der Waals surface area contributed by atoms with Crippen LogP contribution in [0.2, 0.25) is 0 Å². The molecule has 1 unspecified atom stereocenters. The minimum absolute atomic E-state index is 0.0585. The number of hydrogen-bond acceptors (Lipinski definition) is 6. The summed E-state index contributed by atoms with van der Waals surface area (Å²) < 4.78 is 10.4. The van der Waals surface area contributed by atoms with Crippen molar-refractivity contribution in [2.75, 3.05) is 39.5 Å². The number of carbonyl (C=O) groups excluding carboxylic acids is 1. The van der Waals surface area contributed by atoms with Crippen LogP contribution in [0, 0.1) is 0 Å². The summed E-state index contributed by atoms with van der Waals surface area (Å²) in [6, 6.07) is 6.68. The van der Waals surface area contributed by atoms with E-state index in [-0.39, 0.29) is 13.2 Å². The fraction of sp³-hybridized carbons (Fsp3) is 0.562. The largest absolute Gasteiger partial charge is 0.491 e. The maximum absolute atomic E-state index is 11.6. The van der Waals surface area contributed by atoms with E-state index in [0.29, 0.717) is 31.0 Å². The highest BCUT2D eigenvalue weighted by molar-refractivity contribution is 5.89. The summed E-state index contributed by atoms with van der Waals surface area (Å²) in [6.45, 7) is 5.90. The molecule has 0 aliphatic heterocycles. The summed E-state index contributed by atoms with van der Waals surface area (Å²) >= 11 is 0. The first kappa shape index (κ1) is 18.4. The summed E-state index contributed by atoms with van der Waals surface area (Å²) in [5.74, 6) is 0.114. The molecule has 2 N–H and O–H groups in total. The quantitative estimate of drug-likeness (QED) is 0.626. The van der Waals surface area contributed by atoms with E-state index in [1.807, 2.05) is 11.8 Å². The summed E-state index contributed by atoms with van der Waals surface area (Å²) in [6.07, 6.45) is -0.669. The lowest BCUT2D eigenvalue weighted by Crippen LogP contribution is -2.37. The van der Waals surface area contributed by atoms with Gasteiger partial charge in [-0.05, 0) is 31.7 Å². The van der Waals surface area contributed by atoms with Gasteiger partial charge in [-0.25, -0.2) is 4.79 Å². The molecule has 0 amide bonds. The van der Waals surface area contributed by atoms with E-state index in [4.69, 9.17) is 14.6 Å². The van der Waals surface area contributed by atoms with Gasteiger partial charge in [-0.15, -0.1) is 0 Å². The van der Waals surface area contributed by atoms with Gasteiger partial charge >= 0.3 is 5.97 Å². The molecule has 0 fully saturated rings. The first-order chi connectivity index (χ1) is 10.6. The van der Waals surface area contributed by atoms with Gasteiger partial charge in [0, 0.05) is 13.1 Å². The van der Waals surface area contributed by atoms with Crippen LogP contribution in [0.3, 0.4) is 0 Å². The first-order valence-corrected chi connectivity index (χ1v) is 7.51. The molecule has 0 bridgehead atoms. The number of nitrogens with zero attached hydrogens (tertiary/aromatic N) is 1. The van der Waals surface area contributed by atoms with Gasteiger partial charge in [0.1, 0.15) is 18.5 Å². The van der Waals surface area contributed by atoms with E-state index in [2.05, 4.69) is 0 Å². The predicted molar refractivity (Wildman–Crippen MR) is 83.1 cm³/mol. The van der Waals surface area contributed by atoms with Crippen LogP contribution in [0.4, 0.5) is 0 Å².